The maximum absolute atomic E-state index is 13.6. The predicted molar refractivity (Wildman–Crippen MR) is 127 cm³/mol. The molecular formula is C27H18N2O3. The Morgan fingerprint density at radius 1 is 0.781 bits per heavy atom. The molecule has 0 spiro atoms. The number of nitro groups is 1. The van der Waals surface area contributed by atoms with Crippen LogP contribution in [-0.4, -0.2) is 10.8 Å². The summed E-state index contributed by atoms with van der Waals surface area (Å²) in [6.45, 7) is 0. The second-order valence-electron chi connectivity index (χ2n) is 7.48. The van der Waals surface area contributed by atoms with E-state index in [1.54, 1.807) is 23.1 Å². The van der Waals surface area contributed by atoms with E-state index in [1.807, 2.05) is 78.9 Å². The Kier molecular flexibility index (Phi) is 4.84. The van der Waals surface area contributed by atoms with Gasteiger partial charge in [0.15, 0.2) is 0 Å². The quantitative estimate of drug-likeness (QED) is 0.225. The number of rotatable bonds is 4. The fourth-order valence-electron chi connectivity index (χ4n) is 3.95. The van der Waals surface area contributed by atoms with E-state index in [2.05, 4.69) is 0 Å². The molecule has 154 valence electrons. The first-order valence-electron chi connectivity index (χ1n) is 10.2. The molecule has 0 radical (unpaired) electrons. The zero-order valence-electron chi connectivity index (χ0n) is 17.0. The van der Waals surface area contributed by atoms with Crippen molar-refractivity contribution in [3.05, 3.63) is 130 Å². The van der Waals surface area contributed by atoms with Crippen molar-refractivity contribution >= 4 is 39.8 Å². The first-order chi connectivity index (χ1) is 15.6. The molecule has 4 aromatic carbocycles. The highest BCUT2D eigenvalue weighted by Crippen LogP contribution is 2.38. The van der Waals surface area contributed by atoms with Crippen LogP contribution in [0.15, 0.2) is 109 Å². The maximum atomic E-state index is 13.6. The number of anilines is 1. The monoisotopic (exact) mass is 418 g/mol. The Balaban J connectivity index is 1.64. The van der Waals surface area contributed by atoms with Crippen LogP contribution in [0, 0.1) is 10.1 Å². The Labute approximate surface area is 184 Å². The van der Waals surface area contributed by atoms with Crippen molar-refractivity contribution in [1.82, 2.24) is 0 Å². The van der Waals surface area contributed by atoms with Crippen molar-refractivity contribution in [1.29, 1.82) is 0 Å². The summed E-state index contributed by atoms with van der Waals surface area (Å²) in [5.41, 5.74) is 3.80. The van der Waals surface area contributed by atoms with Gasteiger partial charge in [0.1, 0.15) is 0 Å². The molecule has 0 saturated heterocycles. The van der Waals surface area contributed by atoms with Gasteiger partial charge in [-0.1, -0.05) is 66.7 Å². The molecule has 5 nitrogen and oxygen atoms in total. The summed E-state index contributed by atoms with van der Waals surface area (Å²) >= 11 is 0. The van der Waals surface area contributed by atoms with E-state index in [-0.39, 0.29) is 11.6 Å². The third kappa shape index (κ3) is 3.46. The van der Waals surface area contributed by atoms with Crippen LogP contribution in [0.25, 0.3) is 22.5 Å². The molecule has 0 unspecified atom stereocenters. The fourth-order valence-corrected chi connectivity index (χ4v) is 3.95. The number of nitrogens with zero attached hydrogens (tertiary/aromatic N) is 2. The van der Waals surface area contributed by atoms with E-state index in [0.717, 1.165) is 33.3 Å². The van der Waals surface area contributed by atoms with Crippen molar-refractivity contribution in [2.45, 2.75) is 0 Å². The lowest BCUT2D eigenvalue weighted by Gasteiger charge is -2.22. The molecular weight excluding hydrogens is 400 g/mol. The van der Waals surface area contributed by atoms with Gasteiger partial charge in [0.25, 0.3) is 11.6 Å². The largest absolute Gasteiger partial charge is 0.276 e. The van der Waals surface area contributed by atoms with Crippen LogP contribution >= 0.6 is 0 Å². The molecule has 1 heterocycles. The number of non-ortho nitro benzene ring substituents is 1. The molecule has 32 heavy (non-hydrogen) atoms. The van der Waals surface area contributed by atoms with Crippen LogP contribution in [0.4, 0.5) is 11.4 Å². The number of carbonyl (C=O) groups is 1. The van der Waals surface area contributed by atoms with E-state index in [9.17, 15) is 14.9 Å². The lowest BCUT2D eigenvalue weighted by molar-refractivity contribution is -0.384. The molecule has 0 saturated carbocycles. The second-order valence-corrected chi connectivity index (χ2v) is 7.48. The van der Waals surface area contributed by atoms with Gasteiger partial charge in [-0.2, -0.15) is 0 Å². The van der Waals surface area contributed by atoms with Crippen LogP contribution in [0.5, 0.6) is 0 Å². The Hall–Kier alpha value is -4.51. The third-order valence-electron chi connectivity index (χ3n) is 5.49. The van der Waals surface area contributed by atoms with Crippen molar-refractivity contribution in [2.24, 2.45) is 0 Å². The number of nitro benzene ring substituents is 1. The van der Waals surface area contributed by atoms with Crippen molar-refractivity contribution < 1.29 is 9.72 Å². The number of hydrogen-bond donors (Lipinski definition) is 0. The number of amides is 1. The molecule has 1 aliphatic heterocycles. The van der Waals surface area contributed by atoms with Gasteiger partial charge in [-0.15, -0.1) is 0 Å². The average Bonchev–Trinajstić information content (AvgIpc) is 3.15. The van der Waals surface area contributed by atoms with Crippen LogP contribution < -0.4 is 4.90 Å². The number of hydrogen-bond acceptors (Lipinski definition) is 3. The number of carbonyl (C=O) groups excluding carboxylic acids is 1. The average molecular weight is 418 g/mol. The van der Waals surface area contributed by atoms with Crippen molar-refractivity contribution in [2.75, 3.05) is 4.90 Å². The van der Waals surface area contributed by atoms with Gasteiger partial charge in [0, 0.05) is 23.1 Å². The minimum absolute atomic E-state index is 0.0165. The standard InChI is InChI=1S/C27H18N2O3/c30-27-22(17-19-13-15-23(16-14-19)29(31)32)18-26(21-8-2-1-3-9-21)28(27)25-12-6-10-20-7-4-5-11-24(20)25/h1-18H/b22-17+. The summed E-state index contributed by atoms with van der Waals surface area (Å²) in [5.74, 6) is -0.140. The second kappa shape index (κ2) is 7.96. The summed E-state index contributed by atoms with van der Waals surface area (Å²) in [5, 5.41) is 13.0. The SMILES string of the molecule is O=C1/C(=C/c2ccc([N+](=O)[O-])cc2)C=C(c2ccccc2)N1c1cccc2ccccc12. The molecule has 5 rings (SSSR count). The molecule has 0 aliphatic carbocycles. The molecule has 1 aliphatic rings. The molecule has 0 bridgehead atoms. The van der Waals surface area contributed by atoms with Crippen LogP contribution in [-0.2, 0) is 4.79 Å². The van der Waals surface area contributed by atoms with E-state index in [4.69, 9.17) is 0 Å². The number of fused-ring (bicyclic) bond motifs is 1. The highest BCUT2D eigenvalue weighted by atomic mass is 16.6. The van der Waals surface area contributed by atoms with Gasteiger partial charge >= 0.3 is 0 Å². The Morgan fingerprint density at radius 2 is 1.47 bits per heavy atom. The molecule has 1 amide bonds. The molecule has 0 atom stereocenters. The predicted octanol–water partition coefficient (Wildman–Crippen LogP) is 6.22. The van der Waals surface area contributed by atoms with Gasteiger partial charge < -0.3 is 0 Å². The normalized spacial score (nSPS) is 14.8. The lowest BCUT2D eigenvalue weighted by Crippen LogP contribution is -2.25. The lowest BCUT2D eigenvalue weighted by atomic mass is 10.1. The van der Waals surface area contributed by atoms with Gasteiger partial charge in [-0.3, -0.25) is 19.8 Å². The van der Waals surface area contributed by atoms with Crippen molar-refractivity contribution in [3.63, 3.8) is 0 Å². The summed E-state index contributed by atoms with van der Waals surface area (Å²) in [4.78, 5) is 25.9. The fraction of sp³-hybridized carbons (Fsp3) is 0. The zero-order valence-corrected chi connectivity index (χ0v) is 17.0. The maximum Gasteiger partial charge on any atom is 0.269 e. The van der Waals surface area contributed by atoms with Crippen LogP contribution in [0.2, 0.25) is 0 Å². The highest BCUT2D eigenvalue weighted by Gasteiger charge is 2.31. The van der Waals surface area contributed by atoms with Gasteiger partial charge in [0.05, 0.1) is 16.3 Å². The Morgan fingerprint density at radius 3 is 2.22 bits per heavy atom. The van der Waals surface area contributed by atoms with Crippen LogP contribution in [0.3, 0.4) is 0 Å². The summed E-state index contributed by atoms with van der Waals surface area (Å²) in [7, 11) is 0. The summed E-state index contributed by atoms with van der Waals surface area (Å²) < 4.78 is 0. The third-order valence-corrected chi connectivity index (χ3v) is 5.49. The van der Waals surface area contributed by atoms with E-state index < -0.39 is 4.92 Å². The zero-order chi connectivity index (χ0) is 22.1. The van der Waals surface area contributed by atoms with Crippen LogP contribution in [0.1, 0.15) is 11.1 Å². The smallest absolute Gasteiger partial charge is 0.269 e. The van der Waals surface area contributed by atoms with Gasteiger partial charge in [-0.05, 0) is 46.9 Å². The molecule has 0 aromatic heterocycles. The van der Waals surface area contributed by atoms with E-state index in [1.165, 1.54) is 12.1 Å². The molecule has 0 N–H and O–H groups in total. The first kappa shape index (κ1) is 19.5. The summed E-state index contributed by atoms with van der Waals surface area (Å²) in [6.07, 6.45) is 3.64. The molecule has 5 heteroatoms. The number of benzene rings is 4. The first-order valence-corrected chi connectivity index (χ1v) is 10.2. The van der Waals surface area contributed by atoms with Gasteiger partial charge in [-0.25, -0.2) is 0 Å². The Bertz CT molecular complexity index is 1400. The minimum atomic E-state index is -0.437. The highest BCUT2D eigenvalue weighted by molar-refractivity contribution is 6.25. The van der Waals surface area contributed by atoms with Crippen molar-refractivity contribution in [3.8, 4) is 0 Å². The minimum Gasteiger partial charge on any atom is -0.276 e. The molecule has 4 aromatic rings. The van der Waals surface area contributed by atoms with Gasteiger partial charge in [0.2, 0.25) is 0 Å². The molecule has 0 fully saturated rings. The van der Waals surface area contributed by atoms with E-state index in [0.29, 0.717) is 5.57 Å². The topological polar surface area (TPSA) is 63.4 Å². The van der Waals surface area contributed by atoms with E-state index >= 15 is 0 Å². The summed E-state index contributed by atoms with van der Waals surface area (Å²) in [6, 6.07) is 29.9.